The molecule has 0 aromatic heterocycles. The summed E-state index contributed by atoms with van der Waals surface area (Å²) < 4.78 is 1.52. The number of amides is 1. The molecule has 0 bridgehead atoms. The second kappa shape index (κ2) is 3.17. The van der Waals surface area contributed by atoms with Crippen molar-refractivity contribution in [2.24, 2.45) is 0 Å². The van der Waals surface area contributed by atoms with E-state index in [1.165, 1.54) is 4.90 Å². The molecule has 2 rings (SSSR count). The van der Waals surface area contributed by atoms with Gasteiger partial charge in [-0.2, -0.15) is 0 Å². The smallest absolute Gasteiger partial charge is 0.299 e. The molecule has 0 aliphatic carbocycles. The highest BCUT2D eigenvalue weighted by molar-refractivity contribution is 9.11. The molecule has 0 fully saturated rings. The molecule has 0 saturated heterocycles. The molecule has 1 aromatic carbocycles. The van der Waals surface area contributed by atoms with Gasteiger partial charge in [-0.3, -0.25) is 9.59 Å². The molecular formula is C9H5Br2NO2. The molecule has 0 saturated carbocycles. The van der Waals surface area contributed by atoms with Gasteiger partial charge in [-0.25, -0.2) is 0 Å². The highest BCUT2D eigenvalue weighted by Crippen LogP contribution is 2.37. The predicted molar refractivity (Wildman–Crippen MR) is 59.6 cm³/mol. The molecule has 0 atom stereocenters. The summed E-state index contributed by atoms with van der Waals surface area (Å²) in [4.78, 5) is 24.2. The van der Waals surface area contributed by atoms with Crippen molar-refractivity contribution in [1.82, 2.24) is 0 Å². The number of hydrogen-bond acceptors (Lipinski definition) is 2. The van der Waals surface area contributed by atoms with Crippen LogP contribution in [-0.4, -0.2) is 18.7 Å². The van der Waals surface area contributed by atoms with Gasteiger partial charge in [0.05, 0.1) is 11.3 Å². The Bertz CT molecular complexity index is 456. The summed E-state index contributed by atoms with van der Waals surface area (Å²) in [5, 5.41) is 0. The zero-order valence-electron chi connectivity index (χ0n) is 7.17. The van der Waals surface area contributed by atoms with Crippen molar-refractivity contribution in [1.29, 1.82) is 0 Å². The molecule has 0 N–H and O–H groups in total. The Hall–Kier alpha value is -0.680. The highest BCUT2D eigenvalue weighted by atomic mass is 79.9. The average molecular weight is 319 g/mol. The van der Waals surface area contributed by atoms with Crippen molar-refractivity contribution < 1.29 is 9.59 Å². The number of carbonyl (C=O) groups excluding carboxylic acids is 2. The summed E-state index contributed by atoms with van der Waals surface area (Å²) in [6.07, 6.45) is 0. The van der Waals surface area contributed by atoms with E-state index in [9.17, 15) is 9.59 Å². The zero-order valence-corrected chi connectivity index (χ0v) is 10.3. The third-order valence-electron chi connectivity index (χ3n) is 2.11. The Morgan fingerprint density at radius 2 is 1.86 bits per heavy atom. The van der Waals surface area contributed by atoms with Crippen LogP contribution in [0.4, 0.5) is 5.69 Å². The van der Waals surface area contributed by atoms with Gasteiger partial charge in [0.1, 0.15) is 0 Å². The van der Waals surface area contributed by atoms with E-state index < -0.39 is 11.7 Å². The number of carbonyl (C=O) groups is 2. The molecule has 1 aliphatic heterocycles. The maximum Gasteiger partial charge on any atom is 0.299 e. The Kier molecular flexibility index (Phi) is 2.23. The van der Waals surface area contributed by atoms with Crippen LogP contribution in [0.3, 0.4) is 0 Å². The fourth-order valence-corrected chi connectivity index (χ4v) is 2.94. The maximum absolute atomic E-state index is 11.5. The standard InChI is InChI=1S/C9H5Br2NO2/c1-12-7-5(8(13)9(12)14)2-4(10)3-6(7)11/h2-3H,1H3. The normalized spacial score (nSPS) is 14.9. The lowest BCUT2D eigenvalue weighted by atomic mass is 10.1. The molecule has 0 unspecified atom stereocenters. The molecule has 0 spiro atoms. The Labute approximate surface area is 97.3 Å². The Balaban J connectivity index is 2.75. The van der Waals surface area contributed by atoms with Crippen molar-refractivity contribution in [3.63, 3.8) is 0 Å². The molecule has 72 valence electrons. The van der Waals surface area contributed by atoms with Crippen molar-refractivity contribution in [2.45, 2.75) is 0 Å². The number of likely N-dealkylation sites (N-methyl/N-ethyl adjacent to an activating group) is 1. The molecule has 1 aliphatic rings. The van der Waals surface area contributed by atoms with E-state index in [0.29, 0.717) is 11.3 Å². The third kappa shape index (κ3) is 1.23. The molecule has 1 heterocycles. The minimum Gasteiger partial charge on any atom is -0.307 e. The number of benzene rings is 1. The fourth-order valence-electron chi connectivity index (χ4n) is 1.45. The van der Waals surface area contributed by atoms with Gasteiger partial charge in [-0.05, 0) is 28.1 Å². The summed E-state index contributed by atoms with van der Waals surface area (Å²) in [6.45, 7) is 0. The molecular weight excluding hydrogens is 314 g/mol. The van der Waals surface area contributed by atoms with Gasteiger partial charge < -0.3 is 4.90 Å². The summed E-state index contributed by atoms with van der Waals surface area (Å²) >= 11 is 6.59. The van der Waals surface area contributed by atoms with Crippen LogP contribution in [0.5, 0.6) is 0 Å². The van der Waals surface area contributed by atoms with Crippen LogP contribution in [0.25, 0.3) is 0 Å². The second-order valence-electron chi connectivity index (χ2n) is 2.98. The lowest BCUT2D eigenvalue weighted by molar-refractivity contribution is -0.114. The third-order valence-corrected chi connectivity index (χ3v) is 3.17. The monoisotopic (exact) mass is 317 g/mol. The van der Waals surface area contributed by atoms with Crippen LogP contribution in [-0.2, 0) is 4.79 Å². The summed E-state index contributed by atoms with van der Waals surface area (Å²) in [7, 11) is 1.59. The van der Waals surface area contributed by atoms with E-state index in [1.807, 2.05) is 0 Å². The van der Waals surface area contributed by atoms with Crippen LogP contribution in [0.1, 0.15) is 10.4 Å². The number of anilines is 1. The van der Waals surface area contributed by atoms with Crippen molar-refractivity contribution in [3.8, 4) is 0 Å². The molecule has 5 heteroatoms. The first kappa shape index (κ1) is 9.86. The first-order chi connectivity index (χ1) is 6.52. The van der Waals surface area contributed by atoms with Crippen molar-refractivity contribution >= 4 is 49.2 Å². The van der Waals surface area contributed by atoms with Gasteiger partial charge in [-0.1, -0.05) is 15.9 Å². The first-order valence-corrected chi connectivity index (χ1v) is 5.42. The summed E-state index contributed by atoms with van der Waals surface area (Å²) in [5.74, 6) is -0.941. The van der Waals surface area contributed by atoms with Gasteiger partial charge in [0.2, 0.25) is 0 Å². The van der Waals surface area contributed by atoms with Gasteiger partial charge in [-0.15, -0.1) is 0 Å². The quantitative estimate of drug-likeness (QED) is 0.689. The van der Waals surface area contributed by atoms with Crippen LogP contribution in [0, 0.1) is 0 Å². The van der Waals surface area contributed by atoms with E-state index in [4.69, 9.17) is 0 Å². The zero-order chi connectivity index (χ0) is 10.5. The summed E-state index contributed by atoms with van der Waals surface area (Å²) in [5.41, 5.74) is 1.09. The van der Waals surface area contributed by atoms with Crippen LogP contribution >= 0.6 is 31.9 Å². The highest BCUT2D eigenvalue weighted by Gasteiger charge is 2.35. The lowest BCUT2D eigenvalue weighted by Crippen LogP contribution is -2.24. The minimum atomic E-state index is -0.487. The number of hydrogen-bond donors (Lipinski definition) is 0. The molecule has 1 amide bonds. The molecule has 0 radical (unpaired) electrons. The van der Waals surface area contributed by atoms with Crippen molar-refractivity contribution in [3.05, 3.63) is 26.6 Å². The maximum atomic E-state index is 11.5. The van der Waals surface area contributed by atoms with Crippen molar-refractivity contribution in [2.75, 3.05) is 11.9 Å². The fraction of sp³-hybridized carbons (Fsp3) is 0.111. The van der Waals surface area contributed by atoms with Crippen LogP contribution < -0.4 is 4.90 Å². The van der Waals surface area contributed by atoms with E-state index in [1.54, 1.807) is 19.2 Å². The second-order valence-corrected chi connectivity index (χ2v) is 4.75. The van der Waals surface area contributed by atoms with Crippen LogP contribution in [0.2, 0.25) is 0 Å². The molecule has 14 heavy (non-hydrogen) atoms. The van der Waals surface area contributed by atoms with Gasteiger partial charge >= 0.3 is 0 Å². The SMILES string of the molecule is CN1C(=O)C(=O)c2cc(Br)cc(Br)c21. The first-order valence-electron chi connectivity index (χ1n) is 3.84. The largest absolute Gasteiger partial charge is 0.307 e. The summed E-state index contributed by atoms with van der Waals surface area (Å²) in [6, 6.07) is 3.46. The predicted octanol–water partition coefficient (Wildman–Crippen LogP) is 2.37. The average Bonchev–Trinajstić information content (AvgIpc) is 2.31. The van der Waals surface area contributed by atoms with Crippen LogP contribution in [0.15, 0.2) is 21.1 Å². The Morgan fingerprint density at radius 3 is 2.50 bits per heavy atom. The number of Topliss-reactive ketones (excluding diaryl/α,β-unsaturated/α-hetero) is 1. The number of nitrogens with zero attached hydrogens (tertiary/aromatic N) is 1. The topological polar surface area (TPSA) is 37.4 Å². The minimum absolute atomic E-state index is 0.443. The molecule has 1 aromatic rings. The van der Waals surface area contributed by atoms with Gasteiger partial charge in [0.25, 0.3) is 11.7 Å². The van der Waals surface area contributed by atoms with E-state index in [-0.39, 0.29) is 0 Å². The van der Waals surface area contributed by atoms with E-state index >= 15 is 0 Å². The molecule has 3 nitrogen and oxygen atoms in total. The number of halogens is 2. The van der Waals surface area contributed by atoms with Gasteiger partial charge in [0.15, 0.2) is 0 Å². The number of fused-ring (bicyclic) bond motifs is 1. The number of rotatable bonds is 0. The number of ketones is 1. The lowest BCUT2D eigenvalue weighted by Gasteiger charge is -2.10. The Morgan fingerprint density at radius 1 is 1.21 bits per heavy atom. The van der Waals surface area contributed by atoms with E-state index in [2.05, 4.69) is 31.9 Å². The van der Waals surface area contributed by atoms with E-state index in [0.717, 1.165) is 8.95 Å². The van der Waals surface area contributed by atoms with Gasteiger partial charge in [0, 0.05) is 16.0 Å².